The number of aromatic nitrogens is 3. The molecule has 0 N–H and O–H groups in total. The minimum atomic E-state index is -3.93. The summed E-state index contributed by atoms with van der Waals surface area (Å²) in [6.45, 7) is 0. The molecule has 0 saturated heterocycles. The van der Waals surface area contributed by atoms with Gasteiger partial charge in [-0.15, -0.1) is 0 Å². The van der Waals surface area contributed by atoms with Crippen LogP contribution in [-0.2, 0) is 10.2 Å². The fourth-order valence-corrected chi connectivity index (χ4v) is 2.65. The molecule has 0 spiro atoms. The van der Waals surface area contributed by atoms with Gasteiger partial charge in [0, 0.05) is 14.1 Å². The van der Waals surface area contributed by atoms with Gasteiger partial charge in [0.2, 0.25) is 5.82 Å². The minimum Gasteiger partial charge on any atom is -0.216 e. The molecule has 19 heavy (non-hydrogen) atoms. The number of hydrogen-bond donors (Lipinski definition) is 0. The van der Waals surface area contributed by atoms with Crippen molar-refractivity contribution in [3.63, 3.8) is 0 Å². The van der Waals surface area contributed by atoms with Crippen LogP contribution >= 0.6 is 23.2 Å². The van der Waals surface area contributed by atoms with Crippen LogP contribution in [0.15, 0.2) is 6.07 Å². The predicted octanol–water partition coefficient (Wildman–Crippen LogP) is 1.26. The molecular formula is C9H7Cl2N5O2S. The van der Waals surface area contributed by atoms with Gasteiger partial charge in [-0.1, -0.05) is 23.2 Å². The molecule has 10 heteroatoms. The Morgan fingerprint density at radius 2 is 2.00 bits per heavy atom. The molecule has 0 aromatic carbocycles. The second-order valence-electron chi connectivity index (χ2n) is 3.71. The van der Waals surface area contributed by atoms with Crippen molar-refractivity contribution in [2.45, 2.75) is 0 Å². The standard InChI is InChI=1S/C9H7Cl2N5O2S/c1-15(2)19(17,18)16-7(4-12)13-6-3-5(10)8(11)14-9(6)16/h3H,1-2H3. The smallest absolute Gasteiger partial charge is 0.216 e. The third-order valence-electron chi connectivity index (χ3n) is 2.30. The van der Waals surface area contributed by atoms with Crippen LogP contribution in [0.1, 0.15) is 5.82 Å². The second-order valence-corrected chi connectivity index (χ2v) is 6.46. The molecule has 2 heterocycles. The lowest BCUT2D eigenvalue weighted by Gasteiger charge is -2.12. The average Bonchev–Trinajstić information content (AvgIpc) is 2.67. The first-order valence-electron chi connectivity index (χ1n) is 4.86. The van der Waals surface area contributed by atoms with Crippen LogP contribution < -0.4 is 0 Å². The second kappa shape index (κ2) is 4.61. The Kier molecular flexibility index (Phi) is 3.40. The summed E-state index contributed by atoms with van der Waals surface area (Å²) in [5.74, 6) is -0.311. The number of imidazole rings is 1. The lowest BCUT2D eigenvalue weighted by atomic mass is 10.4. The van der Waals surface area contributed by atoms with Crippen LogP contribution in [0.5, 0.6) is 0 Å². The van der Waals surface area contributed by atoms with E-state index in [0.717, 1.165) is 8.28 Å². The molecule has 0 radical (unpaired) electrons. The van der Waals surface area contributed by atoms with Crippen molar-refractivity contribution in [2.24, 2.45) is 0 Å². The van der Waals surface area contributed by atoms with Gasteiger partial charge in [-0.2, -0.15) is 22.0 Å². The molecule has 0 fully saturated rings. The zero-order valence-electron chi connectivity index (χ0n) is 9.79. The Balaban J connectivity index is 2.95. The summed E-state index contributed by atoms with van der Waals surface area (Å²) < 4.78 is 26.0. The molecule has 0 bridgehead atoms. The molecule has 0 aliphatic rings. The molecule has 2 aromatic rings. The highest BCUT2D eigenvalue weighted by atomic mass is 35.5. The Hall–Kier alpha value is -1.40. The van der Waals surface area contributed by atoms with Gasteiger partial charge in [-0.05, 0) is 6.07 Å². The number of pyridine rings is 1. The topological polar surface area (TPSA) is 91.9 Å². The third kappa shape index (κ3) is 2.15. The Morgan fingerprint density at radius 1 is 1.37 bits per heavy atom. The fraction of sp³-hybridized carbons (Fsp3) is 0.222. The number of nitriles is 1. The summed E-state index contributed by atoms with van der Waals surface area (Å²) in [4.78, 5) is 7.74. The van der Waals surface area contributed by atoms with E-state index >= 15 is 0 Å². The van der Waals surface area contributed by atoms with Crippen LogP contribution in [0, 0.1) is 11.3 Å². The van der Waals surface area contributed by atoms with Crippen molar-refractivity contribution in [3.8, 4) is 6.07 Å². The quantitative estimate of drug-likeness (QED) is 0.777. The number of nitrogens with zero attached hydrogens (tertiary/aromatic N) is 5. The van der Waals surface area contributed by atoms with Crippen molar-refractivity contribution < 1.29 is 8.42 Å². The maximum absolute atomic E-state index is 12.2. The Morgan fingerprint density at radius 3 is 2.53 bits per heavy atom. The van der Waals surface area contributed by atoms with E-state index in [1.54, 1.807) is 6.07 Å². The number of fused-ring (bicyclic) bond motifs is 1. The van der Waals surface area contributed by atoms with E-state index in [9.17, 15) is 8.42 Å². The average molecular weight is 320 g/mol. The van der Waals surface area contributed by atoms with E-state index in [1.807, 2.05) is 0 Å². The molecule has 0 unspecified atom stereocenters. The van der Waals surface area contributed by atoms with Gasteiger partial charge >= 0.3 is 10.2 Å². The van der Waals surface area contributed by atoms with Gasteiger partial charge in [-0.3, -0.25) is 0 Å². The highest BCUT2D eigenvalue weighted by Crippen LogP contribution is 2.26. The minimum absolute atomic E-state index is 0.0420. The first kappa shape index (κ1) is 14.0. The zero-order chi connectivity index (χ0) is 14.4. The molecule has 0 atom stereocenters. The lowest BCUT2D eigenvalue weighted by molar-refractivity contribution is 0.511. The van der Waals surface area contributed by atoms with Gasteiger partial charge in [0.05, 0.1) is 5.02 Å². The predicted molar refractivity (Wildman–Crippen MR) is 70.3 cm³/mol. The third-order valence-corrected chi connectivity index (χ3v) is 4.70. The van der Waals surface area contributed by atoms with Crippen LogP contribution in [0.4, 0.5) is 0 Å². The number of rotatable bonds is 2. The normalized spacial score (nSPS) is 12.0. The summed E-state index contributed by atoms with van der Waals surface area (Å²) in [5.41, 5.74) is 0.135. The molecule has 2 rings (SSSR count). The van der Waals surface area contributed by atoms with Crippen molar-refractivity contribution in [1.82, 2.24) is 18.2 Å². The van der Waals surface area contributed by atoms with Crippen molar-refractivity contribution in [3.05, 3.63) is 22.1 Å². The van der Waals surface area contributed by atoms with E-state index in [-0.39, 0.29) is 27.2 Å². The molecule has 0 saturated carbocycles. The number of hydrogen-bond acceptors (Lipinski definition) is 5. The fourth-order valence-electron chi connectivity index (χ4n) is 1.39. The van der Waals surface area contributed by atoms with E-state index in [4.69, 9.17) is 28.5 Å². The van der Waals surface area contributed by atoms with E-state index in [1.165, 1.54) is 20.2 Å². The molecule has 0 aliphatic carbocycles. The monoisotopic (exact) mass is 319 g/mol. The van der Waals surface area contributed by atoms with E-state index in [0.29, 0.717) is 0 Å². The van der Waals surface area contributed by atoms with Crippen molar-refractivity contribution in [2.75, 3.05) is 14.1 Å². The summed E-state index contributed by atoms with van der Waals surface area (Å²) in [5, 5.41) is 9.06. The zero-order valence-corrected chi connectivity index (χ0v) is 12.1. The lowest BCUT2D eigenvalue weighted by Crippen LogP contribution is -2.29. The molecule has 0 amide bonds. The Bertz CT molecular complexity index is 806. The van der Waals surface area contributed by atoms with Crippen LogP contribution in [-0.4, -0.2) is 40.8 Å². The Labute approximate surface area is 119 Å². The largest absolute Gasteiger partial charge is 0.311 e. The molecule has 100 valence electrons. The molecule has 0 aliphatic heterocycles. The summed E-state index contributed by atoms with van der Waals surface area (Å²) in [7, 11) is -1.27. The van der Waals surface area contributed by atoms with Gasteiger partial charge in [0.1, 0.15) is 16.7 Å². The molecular weight excluding hydrogens is 313 g/mol. The first-order valence-corrected chi connectivity index (χ1v) is 7.02. The summed E-state index contributed by atoms with van der Waals surface area (Å²) >= 11 is 11.5. The number of halogens is 2. The van der Waals surface area contributed by atoms with Crippen LogP contribution in [0.25, 0.3) is 11.2 Å². The van der Waals surface area contributed by atoms with E-state index in [2.05, 4.69) is 9.97 Å². The van der Waals surface area contributed by atoms with Gasteiger partial charge in [0.25, 0.3) is 0 Å². The summed E-state index contributed by atoms with van der Waals surface area (Å²) in [6, 6.07) is 3.06. The van der Waals surface area contributed by atoms with Crippen molar-refractivity contribution >= 4 is 44.6 Å². The maximum Gasteiger partial charge on any atom is 0.311 e. The molecule has 2 aromatic heterocycles. The van der Waals surface area contributed by atoms with E-state index < -0.39 is 10.2 Å². The highest BCUT2D eigenvalue weighted by Gasteiger charge is 2.26. The summed E-state index contributed by atoms with van der Waals surface area (Å²) in [6.07, 6.45) is 0. The molecule has 7 nitrogen and oxygen atoms in total. The maximum atomic E-state index is 12.2. The SMILES string of the molecule is CN(C)S(=O)(=O)n1c(C#N)nc2cc(Cl)c(Cl)nc21. The first-order chi connectivity index (χ1) is 8.78. The highest BCUT2D eigenvalue weighted by molar-refractivity contribution is 7.87. The van der Waals surface area contributed by atoms with Crippen LogP contribution in [0.3, 0.4) is 0 Å². The van der Waals surface area contributed by atoms with Gasteiger partial charge in [0.15, 0.2) is 5.65 Å². The van der Waals surface area contributed by atoms with Crippen molar-refractivity contribution in [1.29, 1.82) is 5.26 Å². The van der Waals surface area contributed by atoms with Gasteiger partial charge in [-0.25, -0.2) is 9.97 Å². The van der Waals surface area contributed by atoms with Crippen LogP contribution in [0.2, 0.25) is 10.2 Å². The van der Waals surface area contributed by atoms with Gasteiger partial charge < -0.3 is 0 Å².